The highest BCUT2D eigenvalue weighted by Gasteiger charge is 2.15. The molecule has 6 heteroatoms. The normalized spacial score (nSPS) is 10.8. The van der Waals surface area contributed by atoms with Crippen molar-refractivity contribution < 1.29 is 18.0 Å². The van der Waals surface area contributed by atoms with Gasteiger partial charge in [0.2, 0.25) is 0 Å². The van der Waals surface area contributed by atoms with Crippen LogP contribution in [-0.2, 0) is 0 Å². The van der Waals surface area contributed by atoms with E-state index in [2.05, 4.69) is 5.32 Å². The van der Waals surface area contributed by atoms with Crippen molar-refractivity contribution in [2.24, 2.45) is 0 Å². The number of thiophene rings is 1. The summed E-state index contributed by atoms with van der Waals surface area (Å²) in [6, 6.07) is 8.50. The van der Waals surface area contributed by atoms with Gasteiger partial charge in [0, 0.05) is 16.0 Å². The number of rotatable bonds is 2. The lowest BCUT2D eigenvalue weighted by Crippen LogP contribution is -2.13. The monoisotopic (exact) mass is 307 g/mol. The maximum absolute atomic E-state index is 13.1. The van der Waals surface area contributed by atoms with E-state index in [9.17, 15) is 18.0 Å². The first kappa shape index (κ1) is 13.6. The van der Waals surface area contributed by atoms with Gasteiger partial charge >= 0.3 is 0 Å². The Labute approximate surface area is 121 Å². The van der Waals surface area contributed by atoms with Gasteiger partial charge in [0.1, 0.15) is 0 Å². The average Bonchev–Trinajstić information content (AvgIpc) is 2.91. The van der Waals surface area contributed by atoms with Crippen LogP contribution in [0.15, 0.2) is 41.8 Å². The number of hydrogen-bond acceptors (Lipinski definition) is 2. The highest BCUT2D eigenvalue weighted by molar-refractivity contribution is 7.17. The molecular weight excluding hydrogens is 299 g/mol. The zero-order chi connectivity index (χ0) is 15.0. The lowest BCUT2D eigenvalue weighted by atomic mass is 10.1. The number of nitrogens with one attached hydrogen (secondary N) is 1. The molecule has 2 nitrogen and oxygen atoms in total. The van der Waals surface area contributed by atoms with Crippen LogP contribution in [-0.4, -0.2) is 5.91 Å². The molecule has 0 atom stereocenters. The number of carbonyl (C=O) groups is 1. The van der Waals surface area contributed by atoms with Gasteiger partial charge in [0.25, 0.3) is 5.91 Å². The summed E-state index contributed by atoms with van der Waals surface area (Å²) in [5.41, 5.74) is 0.216. The number of carbonyl (C=O) groups excluding carboxylic acids is 1. The SMILES string of the molecule is O=C(Nc1ccc2sccc2c1)c1cc(F)c(F)c(F)c1. The number of anilines is 1. The van der Waals surface area contributed by atoms with Crippen LogP contribution in [0.5, 0.6) is 0 Å². The highest BCUT2D eigenvalue weighted by atomic mass is 32.1. The van der Waals surface area contributed by atoms with Crippen LogP contribution < -0.4 is 5.32 Å². The van der Waals surface area contributed by atoms with Crippen molar-refractivity contribution in [2.45, 2.75) is 0 Å². The predicted molar refractivity (Wildman–Crippen MR) is 76.1 cm³/mol. The second-order valence-electron chi connectivity index (χ2n) is 4.38. The van der Waals surface area contributed by atoms with Gasteiger partial charge in [-0.3, -0.25) is 4.79 Å². The van der Waals surface area contributed by atoms with Crippen molar-refractivity contribution in [1.82, 2.24) is 0 Å². The largest absolute Gasteiger partial charge is 0.322 e. The van der Waals surface area contributed by atoms with Crippen LogP contribution in [0.2, 0.25) is 0 Å². The quantitative estimate of drug-likeness (QED) is 0.690. The first-order chi connectivity index (χ1) is 10.0. The molecular formula is C15H8F3NOS. The molecule has 1 aromatic heterocycles. The number of benzene rings is 2. The molecule has 0 saturated heterocycles. The fourth-order valence-corrected chi connectivity index (χ4v) is 2.71. The van der Waals surface area contributed by atoms with Crippen molar-refractivity contribution in [2.75, 3.05) is 5.32 Å². The number of fused-ring (bicyclic) bond motifs is 1. The average molecular weight is 307 g/mol. The van der Waals surface area contributed by atoms with E-state index in [1.807, 2.05) is 17.5 Å². The number of halogens is 3. The van der Waals surface area contributed by atoms with Crippen LogP contribution in [0.1, 0.15) is 10.4 Å². The van der Waals surface area contributed by atoms with E-state index in [1.165, 1.54) is 0 Å². The van der Waals surface area contributed by atoms with Crippen LogP contribution in [0.4, 0.5) is 18.9 Å². The van der Waals surface area contributed by atoms with Crippen molar-refractivity contribution in [3.63, 3.8) is 0 Å². The molecule has 0 radical (unpaired) electrons. The van der Waals surface area contributed by atoms with Gasteiger partial charge < -0.3 is 5.32 Å². The summed E-state index contributed by atoms with van der Waals surface area (Å²) in [4.78, 5) is 11.9. The molecule has 3 aromatic rings. The molecule has 2 aromatic carbocycles. The second-order valence-corrected chi connectivity index (χ2v) is 5.33. The Hall–Kier alpha value is -2.34. The van der Waals surface area contributed by atoms with Gasteiger partial charge in [0.15, 0.2) is 17.5 Å². The first-order valence-electron chi connectivity index (χ1n) is 5.98. The summed E-state index contributed by atoms with van der Waals surface area (Å²) in [5.74, 6) is -5.09. The molecule has 106 valence electrons. The topological polar surface area (TPSA) is 29.1 Å². The zero-order valence-electron chi connectivity index (χ0n) is 10.5. The molecule has 0 fully saturated rings. The molecule has 0 bridgehead atoms. The summed E-state index contributed by atoms with van der Waals surface area (Å²) in [6.45, 7) is 0. The molecule has 0 aliphatic carbocycles. The maximum Gasteiger partial charge on any atom is 0.255 e. The third-order valence-corrected chi connectivity index (χ3v) is 3.85. The Balaban J connectivity index is 1.88. The first-order valence-corrected chi connectivity index (χ1v) is 6.86. The molecule has 0 spiro atoms. The highest BCUT2D eigenvalue weighted by Crippen LogP contribution is 2.24. The molecule has 3 rings (SSSR count). The minimum Gasteiger partial charge on any atom is -0.322 e. The zero-order valence-corrected chi connectivity index (χ0v) is 11.3. The fourth-order valence-electron chi connectivity index (χ4n) is 1.93. The summed E-state index contributed by atoms with van der Waals surface area (Å²) >= 11 is 1.56. The third-order valence-electron chi connectivity index (χ3n) is 2.96. The van der Waals surface area contributed by atoms with Crippen LogP contribution >= 0.6 is 11.3 Å². The second kappa shape index (κ2) is 5.21. The van der Waals surface area contributed by atoms with Gasteiger partial charge in [-0.25, -0.2) is 13.2 Å². The molecule has 1 heterocycles. The molecule has 1 N–H and O–H groups in total. The standard InChI is InChI=1S/C15H8F3NOS/c16-11-6-9(7-12(17)14(11)18)15(20)19-10-1-2-13-8(5-10)3-4-21-13/h1-7H,(H,19,20). The smallest absolute Gasteiger partial charge is 0.255 e. The Morgan fingerprint density at radius 3 is 2.43 bits per heavy atom. The third kappa shape index (κ3) is 2.62. The predicted octanol–water partition coefficient (Wildman–Crippen LogP) is 4.57. The van der Waals surface area contributed by atoms with Crippen molar-refractivity contribution in [3.8, 4) is 0 Å². The Morgan fingerprint density at radius 2 is 1.71 bits per heavy atom. The Bertz CT molecular complexity index is 821. The molecule has 0 aliphatic heterocycles. The van der Waals surface area contributed by atoms with Crippen LogP contribution in [0.25, 0.3) is 10.1 Å². The minimum absolute atomic E-state index is 0.281. The van der Waals surface area contributed by atoms with Crippen molar-refractivity contribution in [3.05, 3.63) is 64.8 Å². The molecule has 1 amide bonds. The van der Waals surface area contributed by atoms with E-state index in [0.29, 0.717) is 17.8 Å². The van der Waals surface area contributed by atoms with E-state index in [0.717, 1.165) is 10.1 Å². The Morgan fingerprint density at radius 1 is 1.00 bits per heavy atom. The van der Waals surface area contributed by atoms with Crippen LogP contribution in [0, 0.1) is 17.5 Å². The van der Waals surface area contributed by atoms with Crippen molar-refractivity contribution in [1.29, 1.82) is 0 Å². The fraction of sp³-hybridized carbons (Fsp3) is 0. The van der Waals surface area contributed by atoms with Gasteiger partial charge in [0.05, 0.1) is 0 Å². The lowest BCUT2D eigenvalue weighted by Gasteiger charge is -2.06. The number of hydrogen-bond donors (Lipinski definition) is 1. The Kier molecular flexibility index (Phi) is 3.39. The lowest BCUT2D eigenvalue weighted by molar-refractivity contribution is 0.102. The molecule has 0 saturated carbocycles. The summed E-state index contributed by atoms with van der Waals surface area (Å²) in [5, 5.41) is 5.39. The van der Waals surface area contributed by atoms with E-state index >= 15 is 0 Å². The maximum atomic E-state index is 13.1. The molecule has 0 aliphatic rings. The van der Waals surface area contributed by atoms with E-state index in [1.54, 1.807) is 23.5 Å². The summed E-state index contributed by atoms with van der Waals surface area (Å²) in [7, 11) is 0. The minimum atomic E-state index is -1.59. The molecule has 21 heavy (non-hydrogen) atoms. The molecule has 0 unspecified atom stereocenters. The van der Waals surface area contributed by atoms with Gasteiger partial charge in [-0.1, -0.05) is 0 Å². The summed E-state index contributed by atoms with van der Waals surface area (Å²) in [6.07, 6.45) is 0. The van der Waals surface area contributed by atoms with Crippen LogP contribution in [0.3, 0.4) is 0 Å². The van der Waals surface area contributed by atoms with E-state index in [-0.39, 0.29) is 5.56 Å². The van der Waals surface area contributed by atoms with E-state index < -0.39 is 23.4 Å². The van der Waals surface area contributed by atoms with E-state index in [4.69, 9.17) is 0 Å². The number of amides is 1. The summed E-state index contributed by atoms with van der Waals surface area (Å²) < 4.78 is 40.1. The van der Waals surface area contributed by atoms with Gasteiger partial charge in [-0.05, 0) is 47.2 Å². The van der Waals surface area contributed by atoms with Gasteiger partial charge in [-0.2, -0.15) is 0 Å². The van der Waals surface area contributed by atoms with Gasteiger partial charge in [-0.15, -0.1) is 11.3 Å². The van der Waals surface area contributed by atoms with Crippen molar-refractivity contribution >= 4 is 33.0 Å².